The number of aliphatic carboxylic acids is 1. The maximum Gasteiger partial charge on any atom is 0.340 e. The van der Waals surface area contributed by atoms with Crippen LogP contribution in [0.3, 0.4) is 0 Å². The number of carbonyl (C=O) groups is 2. The van der Waals surface area contributed by atoms with Gasteiger partial charge in [-0.1, -0.05) is 30.3 Å². The lowest BCUT2D eigenvalue weighted by molar-refractivity contribution is -0.141. The molecule has 1 heterocycles. The Morgan fingerprint density at radius 2 is 1.80 bits per heavy atom. The quantitative estimate of drug-likeness (QED) is 0.581. The van der Waals surface area contributed by atoms with Crippen LogP contribution in [0.1, 0.15) is 22.3 Å². The molecule has 0 saturated heterocycles. The number of carboxylic acids is 1. The molecule has 0 unspecified atom stereocenters. The lowest BCUT2D eigenvalue weighted by atomic mass is 10.0. The normalized spacial score (nSPS) is 11.8. The third kappa shape index (κ3) is 4.35. The van der Waals surface area contributed by atoms with Crippen LogP contribution in [0.5, 0.6) is 5.75 Å². The highest BCUT2D eigenvalue weighted by Gasteiger charge is 2.23. The minimum atomic E-state index is -1.14. The van der Waals surface area contributed by atoms with Gasteiger partial charge in [0.2, 0.25) is 5.91 Å². The number of benzene rings is 2. The van der Waals surface area contributed by atoms with Crippen LogP contribution < -0.4 is 15.7 Å². The predicted molar refractivity (Wildman–Crippen MR) is 112 cm³/mol. The highest BCUT2D eigenvalue weighted by molar-refractivity contribution is 5.89. The van der Waals surface area contributed by atoms with Gasteiger partial charge in [-0.3, -0.25) is 4.79 Å². The molecule has 0 aliphatic heterocycles. The van der Waals surface area contributed by atoms with E-state index in [1.54, 1.807) is 50.2 Å². The first-order valence-corrected chi connectivity index (χ1v) is 9.47. The summed E-state index contributed by atoms with van der Waals surface area (Å²) in [7, 11) is 1.53. The number of carbonyl (C=O) groups excluding carboxylic acids is 1. The van der Waals surface area contributed by atoms with E-state index in [0.717, 1.165) is 5.56 Å². The van der Waals surface area contributed by atoms with Crippen molar-refractivity contribution >= 4 is 22.8 Å². The third-order valence-corrected chi connectivity index (χ3v) is 5.13. The molecule has 156 valence electrons. The molecule has 7 nitrogen and oxygen atoms in total. The van der Waals surface area contributed by atoms with Crippen molar-refractivity contribution in [3.63, 3.8) is 0 Å². The summed E-state index contributed by atoms with van der Waals surface area (Å²) in [5.74, 6) is -1.10. The molecule has 0 spiro atoms. The zero-order chi connectivity index (χ0) is 21.8. The first-order chi connectivity index (χ1) is 14.3. The maximum absolute atomic E-state index is 12.6. The van der Waals surface area contributed by atoms with Crippen LogP contribution in [-0.2, 0) is 22.4 Å². The second-order valence-corrected chi connectivity index (χ2v) is 7.09. The van der Waals surface area contributed by atoms with Gasteiger partial charge in [0, 0.05) is 17.4 Å². The molecular weight excluding hydrogens is 386 g/mol. The van der Waals surface area contributed by atoms with Crippen LogP contribution in [0.25, 0.3) is 11.0 Å². The molecule has 0 radical (unpaired) electrons. The molecule has 3 aromatic rings. The fraction of sp³-hybridized carbons (Fsp3) is 0.261. The first-order valence-electron chi connectivity index (χ1n) is 9.47. The number of ether oxygens (including phenoxy) is 1. The van der Waals surface area contributed by atoms with Crippen molar-refractivity contribution in [3.05, 3.63) is 75.1 Å². The van der Waals surface area contributed by atoms with Crippen LogP contribution in [0.2, 0.25) is 0 Å². The van der Waals surface area contributed by atoms with E-state index in [2.05, 4.69) is 5.32 Å². The fourth-order valence-corrected chi connectivity index (χ4v) is 3.45. The van der Waals surface area contributed by atoms with Gasteiger partial charge in [0.15, 0.2) is 0 Å². The summed E-state index contributed by atoms with van der Waals surface area (Å²) in [6, 6.07) is 11.5. The van der Waals surface area contributed by atoms with Gasteiger partial charge in [-0.15, -0.1) is 0 Å². The van der Waals surface area contributed by atoms with Crippen molar-refractivity contribution in [2.45, 2.75) is 32.7 Å². The Bertz CT molecular complexity index is 1150. The molecule has 1 atom stereocenters. The lowest BCUT2D eigenvalue weighted by Crippen LogP contribution is -2.43. The van der Waals surface area contributed by atoms with E-state index < -0.39 is 23.5 Å². The Morgan fingerprint density at radius 3 is 2.43 bits per heavy atom. The molecule has 2 N–H and O–H groups in total. The third-order valence-electron chi connectivity index (χ3n) is 5.13. The molecule has 7 heteroatoms. The van der Waals surface area contributed by atoms with E-state index in [4.69, 9.17) is 9.15 Å². The summed E-state index contributed by atoms with van der Waals surface area (Å²) in [5.41, 5.74) is 2.09. The Kier molecular flexibility index (Phi) is 6.20. The predicted octanol–water partition coefficient (Wildman–Crippen LogP) is 2.77. The zero-order valence-electron chi connectivity index (χ0n) is 17.0. The average molecular weight is 409 g/mol. The highest BCUT2D eigenvalue weighted by Crippen LogP contribution is 2.29. The van der Waals surface area contributed by atoms with E-state index in [-0.39, 0.29) is 18.4 Å². The molecule has 0 aliphatic rings. The fourth-order valence-electron chi connectivity index (χ4n) is 3.45. The van der Waals surface area contributed by atoms with Gasteiger partial charge in [0.1, 0.15) is 17.4 Å². The standard InChI is InChI=1S/C23H23NO6/c1-13-16-9-10-19(29-3)14(2)21(16)30-23(28)17(13)12-20(25)24-18(22(26)27)11-15-7-5-4-6-8-15/h4-10,18H,11-12H2,1-3H3,(H,24,25)(H,26,27)/t18-/m0/s1. The summed E-state index contributed by atoms with van der Waals surface area (Å²) in [5, 5.41) is 12.7. The molecule has 2 aromatic carbocycles. The van der Waals surface area contributed by atoms with Crippen LogP contribution in [-0.4, -0.2) is 30.1 Å². The molecule has 1 amide bonds. The van der Waals surface area contributed by atoms with Crippen molar-refractivity contribution in [1.29, 1.82) is 0 Å². The summed E-state index contributed by atoms with van der Waals surface area (Å²) in [6.45, 7) is 3.53. The van der Waals surface area contributed by atoms with Crippen LogP contribution in [0.4, 0.5) is 0 Å². The van der Waals surface area contributed by atoms with Crippen molar-refractivity contribution in [2.75, 3.05) is 7.11 Å². The Labute approximate surface area is 173 Å². The Morgan fingerprint density at radius 1 is 1.10 bits per heavy atom. The number of aryl methyl sites for hydroxylation is 2. The minimum absolute atomic E-state index is 0.145. The highest BCUT2D eigenvalue weighted by atomic mass is 16.5. The maximum atomic E-state index is 12.6. The number of nitrogens with one attached hydrogen (secondary N) is 1. The van der Waals surface area contributed by atoms with Gasteiger partial charge < -0.3 is 19.6 Å². The molecule has 0 fully saturated rings. The summed E-state index contributed by atoms with van der Waals surface area (Å²) in [6.07, 6.45) is -0.125. The van der Waals surface area contributed by atoms with Gasteiger partial charge in [-0.25, -0.2) is 9.59 Å². The average Bonchev–Trinajstić information content (AvgIpc) is 2.72. The Hall–Kier alpha value is -3.61. The number of rotatable bonds is 7. The molecule has 1 aromatic heterocycles. The molecule has 0 bridgehead atoms. The van der Waals surface area contributed by atoms with Gasteiger partial charge in [0.25, 0.3) is 0 Å². The number of fused-ring (bicyclic) bond motifs is 1. The molecule has 0 saturated carbocycles. The minimum Gasteiger partial charge on any atom is -0.496 e. The van der Waals surface area contributed by atoms with Gasteiger partial charge in [0.05, 0.1) is 19.1 Å². The summed E-state index contributed by atoms with van der Waals surface area (Å²) in [4.78, 5) is 36.7. The van der Waals surface area contributed by atoms with E-state index in [9.17, 15) is 19.5 Å². The van der Waals surface area contributed by atoms with E-state index in [1.807, 2.05) is 6.07 Å². The smallest absolute Gasteiger partial charge is 0.340 e. The number of hydrogen-bond acceptors (Lipinski definition) is 5. The topological polar surface area (TPSA) is 106 Å². The monoisotopic (exact) mass is 409 g/mol. The molecule has 30 heavy (non-hydrogen) atoms. The van der Waals surface area contributed by atoms with Crippen LogP contribution >= 0.6 is 0 Å². The molecule has 0 aliphatic carbocycles. The van der Waals surface area contributed by atoms with Crippen molar-refractivity contribution < 1.29 is 23.8 Å². The van der Waals surface area contributed by atoms with E-state index in [1.165, 1.54) is 7.11 Å². The summed E-state index contributed by atoms with van der Waals surface area (Å²) < 4.78 is 10.7. The second-order valence-electron chi connectivity index (χ2n) is 7.09. The number of hydrogen-bond donors (Lipinski definition) is 2. The van der Waals surface area contributed by atoms with Crippen molar-refractivity contribution in [3.8, 4) is 5.75 Å². The first kappa shape index (κ1) is 21.1. The van der Waals surface area contributed by atoms with Gasteiger partial charge >= 0.3 is 11.6 Å². The molecule has 3 rings (SSSR count). The Balaban J connectivity index is 1.85. The number of methoxy groups -OCH3 is 1. The van der Waals surface area contributed by atoms with Crippen molar-refractivity contribution in [2.24, 2.45) is 0 Å². The largest absolute Gasteiger partial charge is 0.496 e. The van der Waals surface area contributed by atoms with E-state index in [0.29, 0.717) is 27.8 Å². The van der Waals surface area contributed by atoms with Gasteiger partial charge in [-0.2, -0.15) is 0 Å². The number of carboxylic acid groups (broad SMARTS) is 1. The lowest BCUT2D eigenvalue weighted by Gasteiger charge is -2.15. The second kappa shape index (κ2) is 8.82. The SMILES string of the molecule is COc1ccc2c(C)c(CC(=O)N[C@@H](Cc3ccccc3)C(=O)O)c(=O)oc2c1C. The van der Waals surface area contributed by atoms with Crippen LogP contribution in [0, 0.1) is 13.8 Å². The number of amides is 1. The molecular formula is C23H23NO6. The van der Waals surface area contributed by atoms with Gasteiger partial charge in [-0.05, 0) is 37.1 Å². The zero-order valence-corrected chi connectivity index (χ0v) is 17.0. The van der Waals surface area contributed by atoms with Crippen molar-refractivity contribution in [1.82, 2.24) is 5.32 Å². The van der Waals surface area contributed by atoms with E-state index >= 15 is 0 Å². The summed E-state index contributed by atoms with van der Waals surface area (Å²) >= 11 is 0. The van der Waals surface area contributed by atoms with Crippen LogP contribution in [0.15, 0.2) is 51.7 Å².